The van der Waals surface area contributed by atoms with Crippen LogP contribution in [0.3, 0.4) is 0 Å². The van der Waals surface area contributed by atoms with Gasteiger partial charge in [-0.15, -0.1) is 0 Å². The largest absolute Gasteiger partial charge is 0.462 e. The number of nitrogens with one attached hydrogen (secondary N) is 4. The Kier molecular flexibility index (Phi) is 6.05. The van der Waals surface area contributed by atoms with Crippen molar-refractivity contribution in [3.8, 4) is 0 Å². The smallest absolute Gasteiger partial charge is 0.338 e. The van der Waals surface area contributed by atoms with E-state index < -0.39 is 6.29 Å². The Bertz CT molecular complexity index is 790. The predicted molar refractivity (Wildman–Crippen MR) is 103 cm³/mol. The highest BCUT2D eigenvalue weighted by molar-refractivity contribution is 5.89. The molecule has 2 aromatic carbocycles. The van der Waals surface area contributed by atoms with E-state index in [1.54, 1.807) is 31.2 Å². The average molecular weight is 368 g/mol. The van der Waals surface area contributed by atoms with Crippen molar-refractivity contribution in [2.45, 2.75) is 32.6 Å². The monoisotopic (exact) mass is 368 g/mol. The third kappa shape index (κ3) is 5.06. The molecule has 0 spiro atoms. The summed E-state index contributed by atoms with van der Waals surface area (Å²) in [6.07, 6.45) is 0.139. The summed E-state index contributed by atoms with van der Waals surface area (Å²) in [6, 6.07) is 14.7. The number of benzene rings is 2. The molecule has 3 rings (SSSR count). The van der Waals surface area contributed by atoms with Crippen molar-refractivity contribution in [3.05, 3.63) is 65.2 Å². The van der Waals surface area contributed by atoms with Crippen LogP contribution in [0.4, 0.5) is 5.69 Å². The van der Waals surface area contributed by atoms with Gasteiger partial charge in [-0.3, -0.25) is 4.79 Å². The van der Waals surface area contributed by atoms with E-state index in [1.807, 2.05) is 31.2 Å². The van der Waals surface area contributed by atoms with E-state index in [4.69, 9.17) is 4.74 Å². The van der Waals surface area contributed by atoms with Gasteiger partial charge >= 0.3 is 5.97 Å². The molecule has 4 N–H and O–H groups in total. The number of carbonyl (C=O) groups is 2. The van der Waals surface area contributed by atoms with E-state index in [1.165, 1.54) is 5.56 Å². The molecule has 0 saturated carbocycles. The number of amides is 1. The molecular formula is C20H24N4O3. The number of hydrogen-bond donors (Lipinski definition) is 4. The van der Waals surface area contributed by atoms with E-state index in [-0.39, 0.29) is 17.9 Å². The van der Waals surface area contributed by atoms with Gasteiger partial charge in [0.15, 0.2) is 6.29 Å². The number of carbonyl (C=O) groups excluding carboxylic acids is 2. The molecule has 2 unspecified atom stereocenters. The van der Waals surface area contributed by atoms with Crippen molar-refractivity contribution in [2.75, 3.05) is 11.9 Å². The molecule has 0 aliphatic carbocycles. The molecule has 7 heteroatoms. The van der Waals surface area contributed by atoms with E-state index in [0.29, 0.717) is 18.6 Å². The first kappa shape index (κ1) is 18.9. The Labute approximate surface area is 158 Å². The molecule has 0 bridgehead atoms. The van der Waals surface area contributed by atoms with E-state index in [2.05, 4.69) is 21.5 Å². The van der Waals surface area contributed by atoms with Crippen LogP contribution in [-0.4, -0.2) is 30.8 Å². The zero-order valence-corrected chi connectivity index (χ0v) is 15.4. The molecule has 1 aliphatic heterocycles. The molecule has 0 radical (unpaired) electrons. The van der Waals surface area contributed by atoms with Gasteiger partial charge in [0.05, 0.1) is 12.2 Å². The van der Waals surface area contributed by atoms with Crippen LogP contribution in [0, 0.1) is 6.92 Å². The number of ether oxygens (including phenoxy) is 1. The van der Waals surface area contributed by atoms with Gasteiger partial charge in [-0.1, -0.05) is 29.8 Å². The number of hydrogen-bond acceptors (Lipinski definition) is 6. The first-order valence-corrected chi connectivity index (χ1v) is 8.96. The minimum absolute atomic E-state index is 0.0880. The lowest BCUT2D eigenvalue weighted by Crippen LogP contribution is -2.68. The fourth-order valence-electron chi connectivity index (χ4n) is 2.79. The number of rotatable bonds is 6. The molecule has 27 heavy (non-hydrogen) atoms. The van der Waals surface area contributed by atoms with Gasteiger partial charge in [0.2, 0.25) is 5.91 Å². The summed E-state index contributed by atoms with van der Waals surface area (Å²) in [7, 11) is 0. The number of anilines is 1. The summed E-state index contributed by atoms with van der Waals surface area (Å²) in [5.41, 5.74) is 9.64. The minimum Gasteiger partial charge on any atom is -0.462 e. The van der Waals surface area contributed by atoms with Gasteiger partial charge in [-0.05, 0) is 50.1 Å². The molecule has 1 amide bonds. The first-order valence-electron chi connectivity index (χ1n) is 8.96. The van der Waals surface area contributed by atoms with Crippen molar-refractivity contribution in [2.24, 2.45) is 0 Å². The minimum atomic E-state index is -0.458. The summed E-state index contributed by atoms with van der Waals surface area (Å²) in [4.78, 5) is 24.0. The lowest BCUT2D eigenvalue weighted by molar-refractivity contribution is -0.126. The third-order valence-corrected chi connectivity index (χ3v) is 4.27. The quantitative estimate of drug-likeness (QED) is 0.580. The van der Waals surface area contributed by atoms with Crippen molar-refractivity contribution < 1.29 is 14.3 Å². The summed E-state index contributed by atoms with van der Waals surface area (Å²) < 4.78 is 4.96. The highest BCUT2D eigenvalue weighted by atomic mass is 16.5. The fraction of sp³-hybridized carbons (Fsp3) is 0.300. The molecular weight excluding hydrogens is 344 g/mol. The fourth-order valence-corrected chi connectivity index (χ4v) is 2.79. The molecule has 0 aromatic heterocycles. The molecule has 2 aromatic rings. The maximum absolute atomic E-state index is 12.4. The Morgan fingerprint density at radius 2 is 1.78 bits per heavy atom. The van der Waals surface area contributed by atoms with Gasteiger partial charge in [0.25, 0.3) is 0 Å². The maximum atomic E-state index is 12.4. The zero-order valence-electron chi connectivity index (χ0n) is 15.4. The van der Waals surface area contributed by atoms with Crippen LogP contribution in [0.2, 0.25) is 0 Å². The van der Waals surface area contributed by atoms with E-state index in [9.17, 15) is 9.59 Å². The zero-order chi connectivity index (χ0) is 19.2. The molecule has 142 valence electrons. The number of aryl methyl sites for hydroxylation is 1. The second-order valence-corrected chi connectivity index (χ2v) is 6.41. The second-order valence-electron chi connectivity index (χ2n) is 6.41. The van der Waals surface area contributed by atoms with Crippen LogP contribution in [-0.2, 0) is 16.0 Å². The Morgan fingerprint density at radius 1 is 1.07 bits per heavy atom. The molecule has 1 aliphatic rings. The molecule has 1 fully saturated rings. The van der Waals surface area contributed by atoms with Crippen molar-refractivity contribution in [1.82, 2.24) is 16.2 Å². The standard InChI is InChI=1S/C20H24N4O3/c1-3-27-19(26)15-8-10-16(11-9-15)21-20-22-18(25)17(23-24-20)12-14-6-4-13(2)5-7-14/h4-11,17,20-21,23-24H,3,12H2,1-2H3,(H,22,25). The van der Waals surface area contributed by atoms with Gasteiger partial charge in [-0.2, -0.15) is 0 Å². The van der Waals surface area contributed by atoms with Gasteiger partial charge in [-0.25, -0.2) is 15.6 Å². The van der Waals surface area contributed by atoms with E-state index >= 15 is 0 Å². The Morgan fingerprint density at radius 3 is 2.41 bits per heavy atom. The highest BCUT2D eigenvalue weighted by Crippen LogP contribution is 2.12. The normalized spacial score (nSPS) is 19.3. The summed E-state index contributed by atoms with van der Waals surface area (Å²) >= 11 is 0. The topological polar surface area (TPSA) is 91.5 Å². The Balaban J connectivity index is 1.52. The first-order chi connectivity index (χ1) is 13.0. The SMILES string of the molecule is CCOC(=O)c1ccc(NC2NNC(Cc3ccc(C)cc3)C(=O)N2)cc1. The van der Waals surface area contributed by atoms with Crippen molar-refractivity contribution >= 4 is 17.6 Å². The number of hydrazine groups is 1. The third-order valence-electron chi connectivity index (χ3n) is 4.27. The van der Waals surface area contributed by atoms with Gasteiger partial charge in [0, 0.05) is 5.69 Å². The lowest BCUT2D eigenvalue weighted by Gasteiger charge is -2.32. The maximum Gasteiger partial charge on any atom is 0.338 e. The van der Waals surface area contributed by atoms with Crippen LogP contribution < -0.4 is 21.5 Å². The number of esters is 1. The van der Waals surface area contributed by atoms with Crippen molar-refractivity contribution in [1.29, 1.82) is 0 Å². The van der Waals surface area contributed by atoms with Crippen molar-refractivity contribution in [3.63, 3.8) is 0 Å². The van der Waals surface area contributed by atoms with Crippen LogP contribution in [0.5, 0.6) is 0 Å². The molecule has 1 heterocycles. The average Bonchev–Trinajstić information content (AvgIpc) is 2.66. The summed E-state index contributed by atoms with van der Waals surface area (Å²) in [6.45, 7) is 4.14. The van der Waals surface area contributed by atoms with Crippen LogP contribution in [0.1, 0.15) is 28.4 Å². The van der Waals surface area contributed by atoms with Gasteiger partial charge in [0.1, 0.15) is 6.04 Å². The van der Waals surface area contributed by atoms with Gasteiger partial charge < -0.3 is 15.4 Å². The van der Waals surface area contributed by atoms with Crippen LogP contribution in [0.15, 0.2) is 48.5 Å². The lowest BCUT2D eigenvalue weighted by atomic mass is 10.0. The highest BCUT2D eigenvalue weighted by Gasteiger charge is 2.27. The van der Waals surface area contributed by atoms with Crippen LogP contribution >= 0.6 is 0 Å². The summed E-state index contributed by atoms with van der Waals surface area (Å²) in [5.74, 6) is -0.441. The van der Waals surface area contributed by atoms with E-state index in [0.717, 1.165) is 11.3 Å². The second kappa shape index (κ2) is 8.66. The molecule has 2 atom stereocenters. The molecule has 7 nitrogen and oxygen atoms in total. The molecule has 1 saturated heterocycles. The van der Waals surface area contributed by atoms with Crippen LogP contribution in [0.25, 0.3) is 0 Å². The summed E-state index contributed by atoms with van der Waals surface area (Å²) in [5, 5.41) is 6.03. The predicted octanol–water partition coefficient (Wildman–Crippen LogP) is 1.70. The Hall–Kier alpha value is -2.90.